The van der Waals surface area contributed by atoms with E-state index in [1.807, 2.05) is 13.8 Å². The summed E-state index contributed by atoms with van der Waals surface area (Å²) in [7, 11) is 1.19. The van der Waals surface area contributed by atoms with E-state index in [1.165, 1.54) is 19.2 Å². The van der Waals surface area contributed by atoms with E-state index in [9.17, 15) is 14.4 Å². The van der Waals surface area contributed by atoms with Crippen LogP contribution in [0.2, 0.25) is 0 Å². The Labute approximate surface area is 140 Å². The van der Waals surface area contributed by atoms with Gasteiger partial charge < -0.3 is 10.3 Å². The first-order valence-electron chi connectivity index (χ1n) is 7.38. The van der Waals surface area contributed by atoms with Gasteiger partial charge in [-0.1, -0.05) is 32.1 Å². The highest BCUT2D eigenvalue weighted by Crippen LogP contribution is 2.23. The van der Waals surface area contributed by atoms with Gasteiger partial charge in [0, 0.05) is 12.0 Å². The Bertz CT molecular complexity index is 728. The summed E-state index contributed by atoms with van der Waals surface area (Å²) >= 11 is 0. The summed E-state index contributed by atoms with van der Waals surface area (Å²) in [4.78, 5) is 39.4. The molecule has 24 heavy (non-hydrogen) atoms. The Kier molecular flexibility index (Phi) is 6.50. The smallest absolute Gasteiger partial charge is 0.405 e. The minimum atomic E-state index is -0.820. The molecule has 0 saturated carbocycles. The summed E-state index contributed by atoms with van der Waals surface area (Å²) < 4.78 is 4.62. The third-order valence-electron chi connectivity index (χ3n) is 3.71. The second-order valence-electron chi connectivity index (χ2n) is 5.93. The van der Waals surface area contributed by atoms with Crippen molar-refractivity contribution in [3.63, 3.8) is 0 Å². The van der Waals surface area contributed by atoms with E-state index in [2.05, 4.69) is 16.1 Å². The van der Waals surface area contributed by atoms with Gasteiger partial charge in [0.2, 0.25) is 5.78 Å². The van der Waals surface area contributed by atoms with Crippen molar-refractivity contribution in [3.05, 3.63) is 53.6 Å². The lowest BCUT2D eigenvalue weighted by atomic mass is 9.86. The summed E-state index contributed by atoms with van der Waals surface area (Å²) in [6.07, 6.45) is 2.18. The summed E-state index contributed by atoms with van der Waals surface area (Å²) in [6.45, 7) is 7.49. The second kappa shape index (κ2) is 8.13. The molecule has 0 radical (unpaired) electrons. The van der Waals surface area contributed by atoms with Crippen molar-refractivity contribution >= 4 is 23.2 Å². The molecule has 0 aromatic heterocycles. The van der Waals surface area contributed by atoms with Crippen LogP contribution in [0.25, 0.3) is 5.53 Å². The minimum absolute atomic E-state index is 0.00497. The lowest BCUT2D eigenvalue weighted by Gasteiger charge is -2.17. The molecule has 0 bridgehead atoms. The SMILES string of the molecule is C=CC(C)(C)CCC(=O)C(=[N+]=[N-])C(=O)c1ccccc1C(=O)OC. The van der Waals surface area contributed by atoms with Gasteiger partial charge in [-0.25, -0.2) is 4.79 Å². The van der Waals surface area contributed by atoms with Crippen molar-refractivity contribution in [3.8, 4) is 0 Å². The quantitative estimate of drug-likeness (QED) is 0.139. The van der Waals surface area contributed by atoms with E-state index < -0.39 is 23.2 Å². The Balaban J connectivity index is 3.09. The standard InChI is InChI=1S/C18H20N2O4/c1-5-18(2,3)11-10-14(21)15(20-19)16(22)12-8-6-7-9-13(12)17(23)24-4/h5-9H,1,10-11H2,2-4H3. The normalized spacial score (nSPS) is 10.5. The molecule has 1 aromatic carbocycles. The molecule has 0 aliphatic rings. The van der Waals surface area contributed by atoms with Gasteiger partial charge in [0.15, 0.2) is 0 Å². The van der Waals surface area contributed by atoms with E-state index in [4.69, 9.17) is 5.53 Å². The summed E-state index contributed by atoms with van der Waals surface area (Å²) in [6, 6.07) is 5.88. The number of Topliss-reactive ketones (excluding diaryl/α,β-unsaturated/α-hetero) is 2. The van der Waals surface area contributed by atoms with Gasteiger partial charge in [-0.3, -0.25) is 9.59 Å². The molecule has 0 atom stereocenters. The molecule has 1 rings (SSSR count). The van der Waals surface area contributed by atoms with E-state index in [0.29, 0.717) is 6.42 Å². The van der Waals surface area contributed by atoms with E-state index >= 15 is 0 Å². The van der Waals surface area contributed by atoms with Crippen LogP contribution in [-0.4, -0.2) is 35.1 Å². The van der Waals surface area contributed by atoms with E-state index in [1.54, 1.807) is 18.2 Å². The van der Waals surface area contributed by atoms with Crippen LogP contribution < -0.4 is 0 Å². The summed E-state index contributed by atoms with van der Waals surface area (Å²) in [5.41, 5.74) is 8.17. The zero-order chi connectivity index (χ0) is 18.3. The second-order valence-corrected chi connectivity index (χ2v) is 5.93. The number of nitrogens with zero attached hydrogens (tertiary/aromatic N) is 2. The Morgan fingerprint density at radius 1 is 1.25 bits per heavy atom. The summed E-state index contributed by atoms with van der Waals surface area (Å²) in [5.74, 6) is -2.13. The third-order valence-corrected chi connectivity index (χ3v) is 3.71. The average molecular weight is 328 g/mol. The highest BCUT2D eigenvalue weighted by Gasteiger charge is 2.33. The van der Waals surface area contributed by atoms with Crippen molar-refractivity contribution in [2.24, 2.45) is 5.41 Å². The van der Waals surface area contributed by atoms with Crippen LogP contribution in [0.3, 0.4) is 0 Å². The third kappa shape index (κ3) is 4.57. The molecule has 0 fully saturated rings. The number of hydrogen-bond donors (Lipinski definition) is 0. The van der Waals surface area contributed by atoms with Gasteiger partial charge >= 0.3 is 11.7 Å². The topological polar surface area (TPSA) is 96.8 Å². The number of benzene rings is 1. The van der Waals surface area contributed by atoms with Crippen LogP contribution in [0.5, 0.6) is 0 Å². The van der Waals surface area contributed by atoms with Gasteiger partial charge in [0.05, 0.1) is 12.7 Å². The van der Waals surface area contributed by atoms with Gasteiger partial charge in [0.25, 0.3) is 5.78 Å². The fourth-order valence-corrected chi connectivity index (χ4v) is 1.98. The molecule has 0 saturated heterocycles. The monoisotopic (exact) mass is 328 g/mol. The highest BCUT2D eigenvalue weighted by molar-refractivity contribution is 6.67. The Hall–Kier alpha value is -2.85. The number of methoxy groups -OCH3 is 1. The number of rotatable bonds is 8. The van der Waals surface area contributed by atoms with Gasteiger partial charge in [-0.05, 0) is 24.0 Å². The lowest BCUT2D eigenvalue weighted by molar-refractivity contribution is -0.117. The fraction of sp³-hybridized carbons (Fsp3) is 0.333. The van der Waals surface area contributed by atoms with Crippen LogP contribution in [-0.2, 0) is 9.53 Å². The van der Waals surface area contributed by atoms with Crippen LogP contribution in [0.4, 0.5) is 0 Å². The number of hydrogen-bond acceptors (Lipinski definition) is 4. The molecule has 0 N–H and O–H groups in total. The first-order valence-corrected chi connectivity index (χ1v) is 7.38. The van der Waals surface area contributed by atoms with Crippen molar-refractivity contribution in [1.82, 2.24) is 0 Å². The van der Waals surface area contributed by atoms with Crippen LogP contribution in [0.15, 0.2) is 36.9 Å². The zero-order valence-corrected chi connectivity index (χ0v) is 14.0. The summed E-state index contributed by atoms with van der Waals surface area (Å²) in [5, 5.41) is 0. The van der Waals surface area contributed by atoms with Gasteiger partial charge in [-0.2, -0.15) is 4.79 Å². The Morgan fingerprint density at radius 3 is 2.33 bits per heavy atom. The molecule has 0 amide bonds. The zero-order valence-electron chi connectivity index (χ0n) is 14.0. The van der Waals surface area contributed by atoms with Crippen LogP contribution in [0, 0.1) is 5.41 Å². The first-order chi connectivity index (χ1) is 11.3. The maximum Gasteiger partial charge on any atom is 0.405 e. The van der Waals surface area contributed by atoms with Crippen molar-refractivity contribution in [2.75, 3.05) is 7.11 Å². The number of carbonyl (C=O) groups excluding carboxylic acids is 3. The number of ether oxygens (including phenoxy) is 1. The number of allylic oxidation sites excluding steroid dienone is 1. The Morgan fingerprint density at radius 2 is 1.83 bits per heavy atom. The average Bonchev–Trinajstić information content (AvgIpc) is 2.59. The van der Waals surface area contributed by atoms with Crippen LogP contribution in [0.1, 0.15) is 47.4 Å². The number of ketones is 2. The number of carbonyl (C=O) groups is 3. The number of esters is 1. The molecular weight excluding hydrogens is 308 g/mol. The molecule has 0 aliphatic carbocycles. The van der Waals surface area contributed by atoms with E-state index in [-0.39, 0.29) is 23.0 Å². The van der Waals surface area contributed by atoms with Crippen molar-refractivity contribution < 1.29 is 23.9 Å². The predicted molar refractivity (Wildman–Crippen MR) is 89.0 cm³/mol. The van der Waals surface area contributed by atoms with Gasteiger partial charge in [0.1, 0.15) is 0 Å². The maximum absolute atomic E-state index is 12.5. The molecule has 1 aromatic rings. The van der Waals surface area contributed by atoms with Gasteiger partial charge in [-0.15, -0.1) is 6.58 Å². The van der Waals surface area contributed by atoms with Crippen molar-refractivity contribution in [1.29, 1.82) is 0 Å². The lowest BCUT2D eigenvalue weighted by Crippen LogP contribution is -2.28. The molecular formula is C18H20N2O4. The molecule has 0 unspecified atom stereocenters. The predicted octanol–water partition coefficient (Wildman–Crippen LogP) is 2.89. The molecule has 0 spiro atoms. The molecule has 6 nitrogen and oxygen atoms in total. The maximum atomic E-state index is 12.5. The molecule has 6 heteroatoms. The molecule has 0 aliphatic heterocycles. The van der Waals surface area contributed by atoms with Crippen molar-refractivity contribution in [2.45, 2.75) is 26.7 Å². The largest absolute Gasteiger partial charge is 0.465 e. The highest BCUT2D eigenvalue weighted by atomic mass is 16.5. The van der Waals surface area contributed by atoms with E-state index in [0.717, 1.165) is 0 Å². The minimum Gasteiger partial charge on any atom is -0.465 e. The molecule has 0 heterocycles. The first kappa shape index (κ1) is 19.2. The van der Waals surface area contributed by atoms with Crippen LogP contribution >= 0.6 is 0 Å². The fourth-order valence-electron chi connectivity index (χ4n) is 1.98. The molecule has 126 valence electrons.